The molecule has 9 heteroatoms. The van der Waals surface area contributed by atoms with Crippen LogP contribution in [0.25, 0.3) is 0 Å². The highest BCUT2D eigenvalue weighted by Gasteiger charge is 2.30. The third-order valence-corrected chi connectivity index (χ3v) is 6.26. The van der Waals surface area contributed by atoms with E-state index in [4.69, 9.17) is 16.3 Å². The number of sulfonamides is 1. The predicted molar refractivity (Wildman–Crippen MR) is 93.2 cm³/mol. The second-order valence-electron chi connectivity index (χ2n) is 5.88. The molecule has 2 saturated heterocycles. The predicted octanol–water partition coefficient (Wildman–Crippen LogP) is 2.18. The van der Waals surface area contributed by atoms with Crippen molar-refractivity contribution in [2.75, 3.05) is 35.1 Å². The third-order valence-electron chi connectivity index (χ3n) is 4.09. The minimum absolute atomic E-state index is 0.0614. The smallest absolute Gasteiger partial charge is 0.319 e. The van der Waals surface area contributed by atoms with Crippen molar-refractivity contribution in [3.63, 3.8) is 0 Å². The van der Waals surface area contributed by atoms with Crippen LogP contribution in [0.3, 0.4) is 0 Å². The fraction of sp³-hybridized carbons (Fsp3) is 0.533. The number of anilines is 2. The van der Waals surface area contributed by atoms with Crippen molar-refractivity contribution in [1.29, 1.82) is 0 Å². The quantitative estimate of drug-likeness (QED) is 0.846. The van der Waals surface area contributed by atoms with Crippen LogP contribution in [-0.2, 0) is 14.8 Å². The molecule has 0 bridgehead atoms. The van der Waals surface area contributed by atoms with Crippen molar-refractivity contribution in [2.45, 2.75) is 25.4 Å². The van der Waals surface area contributed by atoms with E-state index in [2.05, 4.69) is 10.6 Å². The van der Waals surface area contributed by atoms with E-state index in [1.54, 1.807) is 18.2 Å². The number of benzene rings is 1. The van der Waals surface area contributed by atoms with Crippen LogP contribution in [0, 0.1) is 0 Å². The van der Waals surface area contributed by atoms with Gasteiger partial charge >= 0.3 is 6.03 Å². The largest absolute Gasteiger partial charge is 0.376 e. The Bertz CT molecular complexity index is 719. The van der Waals surface area contributed by atoms with E-state index in [9.17, 15) is 13.2 Å². The SMILES string of the molecule is O=C(NC[C@H]1CCCO1)Nc1ccc(Cl)c(N2CCCS2(=O)=O)c1. The lowest BCUT2D eigenvalue weighted by Gasteiger charge is -2.19. The third kappa shape index (κ3) is 3.93. The number of ether oxygens (including phenoxy) is 1. The van der Waals surface area contributed by atoms with Crippen molar-refractivity contribution in [3.05, 3.63) is 23.2 Å². The highest BCUT2D eigenvalue weighted by Crippen LogP contribution is 2.33. The van der Waals surface area contributed by atoms with Crippen LogP contribution < -0.4 is 14.9 Å². The van der Waals surface area contributed by atoms with Gasteiger partial charge in [-0.15, -0.1) is 0 Å². The minimum Gasteiger partial charge on any atom is -0.376 e. The molecule has 0 radical (unpaired) electrons. The number of hydrogen-bond donors (Lipinski definition) is 2. The number of carbonyl (C=O) groups is 1. The molecule has 132 valence electrons. The maximum Gasteiger partial charge on any atom is 0.319 e. The Hall–Kier alpha value is -1.51. The minimum atomic E-state index is -3.33. The topological polar surface area (TPSA) is 87.7 Å². The normalized spacial score (nSPS) is 22.5. The van der Waals surface area contributed by atoms with E-state index in [1.807, 2.05) is 0 Å². The monoisotopic (exact) mass is 373 g/mol. The van der Waals surface area contributed by atoms with E-state index in [1.165, 1.54) is 4.31 Å². The highest BCUT2D eigenvalue weighted by atomic mass is 35.5. The lowest BCUT2D eigenvalue weighted by molar-refractivity contribution is 0.112. The van der Waals surface area contributed by atoms with Gasteiger partial charge in [0.2, 0.25) is 10.0 Å². The van der Waals surface area contributed by atoms with Gasteiger partial charge in [0, 0.05) is 25.4 Å². The number of urea groups is 1. The van der Waals surface area contributed by atoms with E-state index in [-0.39, 0.29) is 17.9 Å². The molecule has 2 fully saturated rings. The molecule has 3 rings (SSSR count). The van der Waals surface area contributed by atoms with Gasteiger partial charge in [0.15, 0.2) is 0 Å². The first-order chi connectivity index (χ1) is 11.5. The highest BCUT2D eigenvalue weighted by molar-refractivity contribution is 7.93. The molecule has 2 amide bonds. The van der Waals surface area contributed by atoms with Crippen LogP contribution in [0.2, 0.25) is 5.02 Å². The van der Waals surface area contributed by atoms with Gasteiger partial charge in [0.1, 0.15) is 0 Å². The summed E-state index contributed by atoms with van der Waals surface area (Å²) in [6.07, 6.45) is 2.58. The average Bonchev–Trinajstić information content (AvgIpc) is 3.16. The Balaban J connectivity index is 1.66. The Morgan fingerprint density at radius 2 is 2.21 bits per heavy atom. The number of nitrogens with zero attached hydrogens (tertiary/aromatic N) is 1. The molecule has 1 atom stereocenters. The molecule has 0 saturated carbocycles. The maximum absolute atomic E-state index is 12.1. The summed E-state index contributed by atoms with van der Waals surface area (Å²) in [5.74, 6) is 0.114. The van der Waals surface area contributed by atoms with Crippen molar-refractivity contribution < 1.29 is 17.9 Å². The molecule has 2 N–H and O–H groups in total. The van der Waals surface area contributed by atoms with Gasteiger partial charge in [-0.3, -0.25) is 4.31 Å². The van der Waals surface area contributed by atoms with Gasteiger partial charge in [-0.25, -0.2) is 13.2 Å². The van der Waals surface area contributed by atoms with Gasteiger partial charge in [0.05, 0.1) is 22.6 Å². The van der Waals surface area contributed by atoms with Crippen molar-refractivity contribution >= 4 is 39.0 Å². The summed E-state index contributed by atoms with van der Waals surface area (Å²) < 4.78 is 30.8. The van der Waals surface area contributed by atoms with Gasteiger partial charge in [-0.1, -0.05) is 11.6 Å². The van der Waals surface area contributed by atoms with Crippen molar-refractivity contribution in [1.82, 2.24) is 5.32 Å². The molecule has 7 nitrogen and oxygen atoms in total. The van der Waals surface area contributed by atoms with Crippen LogP contribution >= 0.6 is 11.6 Å². The number of halogens is 1. The molecule has 2 heterocycles. The summed E-state index contributed by atoms with van der Waals surface area (Å²) in [5, 5.41) is 5.79. The molecular formula is C15H20ClN3O4S. The Morgan fingerprint density at radius 3 is 2.88 bits per heavy atom. The molecule has 1 aromatic rings. The van der Waals surface area contributed by atoms with Gasteiger partial charge < -0.3 is 15.4 Å². The lowest BCUT2D eigenvalue weighted by Crippen LogP contribution is -2.35. The lowest BCUT2D eigenvalue weighted by atomic mass is 10.2. The summed E-state index contributed by atoms with van der Waals surface area (Å²) in [5.41, 5.74) is 0.882. The van der Waals surface area contributed by atoms with Gasteiger partial charge in [-0.2, -0.15) is 0 Å². The summed E-state index contributed by atoms with van der Waals surface area (Å²) in [7, 11) is -3.33. The summed E-state index contributed by atoms with van der Waals surface area (Å²) in [6, 6.07) is 4.44. The fourth-order valence-electron chi connectivity index (χ4n) is 2.88. The Labute approximate surface area is 146 Å². The molecule has 2 aliphatic rings. The van der Waals surface area contributed by atoms with E-state index >= 15 is 0 Å². The number of carbonyl (C=O) groups excluding carboxylic acids is 1. The van der Waals surface area contributed by atoms with Crippen molar-refractivity contribution in [3.8, 4) is 0 Å². The molecular weight excluding hydrogens is 354 g/mol. The Morgan fingerprint density at radius 1 is 1.38 bits per heavy atom. The standard InChI is InChI=1S/C15H20ClN3O4S/c16-13-5-4-11(9-14(13)19-6-2-8-24(19,21)22)18-15(20)17-10-12-3-1-7-23-12/h4-5,9,12H,1-3,6-8,10H2,(H2,17,18,20)/t12-/m1/s1. The zero-order valence-corrected chi connectivity index (χ0v) is 14.7. The van der Waals surface area contributed by atoms with Crippen LogP contribution in [0.1, 0.15) is 19.3 Å². The van der Waals surface area contributed by atoms with Crippen molar-refractivity contribution in [2.24, 2.45) is 0 Å². The molecule has 2 aliphatic heterocycles. The fourth-order valence-corrected chi connectivity index (χ4v) is 4.72. The van der Waals surface area contributed by atoms with Crippen LogP contribution in [0.4, 0.5) is 16.2 Å². The number of amides is 2. The molecule has 0 aliphatic carbocycles. The van der Waals surface area contributed by atoms with Crippen LogP contribution in [-0.4, -0.2) is 46.0 Å². The first-order valence-electron chi connectivity index (χ1n) is 7.92. The van der Waals surface area contributed by atoms with Crippen LogP contribution in [0.15, 0.2) is 18.2 Å². The number of rotatable bonds is 4. The zero-order chi connectivity index (χ0) is 17.2. The molecule has 1 aromatic carbocycles. The van der Waals surface area contributed by atoms with E-state index in [0.29, 0.717) is 35.9 Å². The Kier molecular flexibility index (Phi) is 5.17. The van der Waals surface area contributed by atoms with Gasteiger partial charge in [-0.05, 0) is 37.5 Å². The maximum atomic E-state index is 12.1. The van der Waals surface area contributed by atoms with E-state index in [0.717, 1.165) is 19.4 Å². The van der Waals surface area contributed by atoms with Gasteiger partial charge in [0.25, 0.3) is 0 Å². The summed E-state index contributed by atoms with van der Waals surface area (Å²) >= 11 is 6.14. The number of nitrogens with one attached hydrogen (secondary N) is 2. The summed E-state index contributed by atoms with van der Waals surface area (Å²) in [6.45, 7) is 1.59. The van der Waals surface area contributed by atoms with E-state index < -0.39 is 10.0 Å². The second kappa shape index (κ2) is 7.16. The average molecular weight is 374 g/mol. The second-order valence-corrected chi connectivity index (χ2v) is 8.30. The molecule has 24 heavy (non-hydrogen) atoms. The molecule has 0 unspecified atom stereocenters. The summed E-state index contributed by atoms with van der Waals surface area (Å²) in [4.78, 5) is 12.0. The first kappa shape index (κ1) is 17.3. The molecule has 0 spiro atoms. The zero-order valence-electron chi connectivity index (χ0n) is 13.1. The molecule has 0 aromatic heterocycles. The first-order valence-corrected chi connectivity index (χ1v) is 9.91. The number of hydrogen-bond acceptors (Lipinski definition) is 4. The van der Waals surface area contributed by atoms with Crippen LogP contribution in [0.5, 0.6) is 0 Å².